The molecule has 2 amide bonds. The van der Waals surface area contributed by atoms with Crippen LogP contribution in [0.15, 0.2) is 0 Å². The fraction of sp³-hybridized carbons (Fsp3) is 0.800. The van der Waals surface area contributed by atoms with E-state index in [0.29, 0.717) is 0 Å². The molecule has 0 aromatic rings. The normalized spacial score (nSPS) is 13.0. The molecule has 94 valence electrons. The topological polar surface area (TPSA) is 98.7 Å². The zero-order valence-electron chi connectivity index (χ0n) is 9.91. The highest BCUT2D eigenvalue weighted by molar-refractivity contribution is 5.82. The number of carboxylic acids is 1. The van der Waals surface area contributed by atoms with Crippen LogP contribution in [0.3, 0.4) is 0 Å². The second-order valence-corrected chi connectivity index (χ2v) is 3.94. The molecule has 0 rings (SSSR count). The highest BCUT2D eigenvalue weighted by Gasteiger charge is 2.25. The van der Waals surface area contributed by atoms with Gasteiger partial charge in [0.2, 0.25) is 0 Å². The van der Waals surface area contributed by atoms with Gasteiger partial charge in [-0.25, -0.2) is 9.59 Å². The quantitative estimate of drug-likeness (QED) is 0.529. The highest BCUT2D eigenvalue weighted by atomic mass is 16.4. The van der Waals surface area contributed by atoms with E-state index in [1.54, 1.807) is 0 Å². The summed E-state index contributed by atoms with van der Waals surface area (Å²) in [5.41, 5.74) is -0.359. The lowest BCUT2D eigenvalue weighted by atomic mass is 9.96. The monoisotopic (exact) mass is 232 g/mol. The Hall–Kier alpha value is -1.30. The van der Waals surface area contributed by atoms with Crippen LogP contribution in [0.5, 0.6) is 0 Å². The van der Waals surface area contributed by atoms with Crippen LogP contribution in [-0.4, -0.2) is 40.4 Å². The number of nitrogens with one attached hydrogen (secondary N) is 2. The molecule has 0 aliphatic heterocycles. The Kier molecular flexibility index (Phi) is 5.81. The number of rotatable bonds is 6. The predicted molar refractivity (Wildman–Crippen MR) is 59.2 cm³/mol. The molecule has 0 aliphatic carbocycles. The van der Waals surface area contributed by atoms with Gasteiger partial charge in [-0.05, 0) is 19.8 Å². The van der Waals surface area contributed by atoms with E-state index in [0.717, 1.165) is 12.8 Å². The zero-order valence-corrected chi connectivity index (χ0v) is 9.91. The number of aliphatic carboxylic acids is 1. The van der Waals surface area contributed by atoms with Gasteiger partial charge in [0.25, 0.3) is 0 Å². The summed E-state index contributed by atoms with van der Waals surface area (Å²) in [5.74, 6) is -1.26. The first-order valence-corrected chi connectivity index (χ1v) is 5.31. The largest absolute Gasteiger partial charge is 0.480 e. The minimum absolute atomic E-state index is 0.359. The number of hydrogen-bond donors (Lipinski definition) is 4. The lowest BCUT2D eigenvalue weighted by molar-refractivity contribution is -0.140. The third-order valence-electron chi connectivity index (χ3n) is 2.76. The Morgan fingerprint density at radius 3 is 2.12 bits per heavy atom. The van der Waals surface area contributed by atoms with Crippen molar-refractivity contribution in [1.82, 2.24) is 10.6 Å². The summed E-state index contributed by atoms with van der Waals surface area (Å²) in [6.07, 6.45) is 1.49. The van der Waals surface area contributed by atoms with Crippen LogP contribution in [0.2, 0.25) is 0 Å². The van der Waals surface area contributed by atoms with Crippen LogP contribution in [0.1, 0.15) is 33.6 Å². The highest BCUT2D eigenvalue weighted by Crippen LogP contribution is 2.12. The van der Waals surface area contributed by atoms with Gasteiger partial charge in [-0.1, -0.05) is 13.8 Å². The number of aliphatic hydroxyl groups excluding tert-OH is 1. The fourth-order valence-corrected chi connectivity index (χ4v) is 1.08. The van der Waals surface area contributed by atoms with Crippen molar-refractivity contribution in [3.05, 3.63) is 0 Å². The number of amides is 2. The second kappa shape index (κ2) is 6.32. The summed E-state index contributed by atoms with van der Waals surface area (Å²) in [5, 5.41) is 22.2. The van der Waals surface area contributed by atoms with Crippen molar-refractivity contribution in [1.29, 1.82) is 0 Å². The van der Waals surface area contributed by atoms with Gasteiger partial charge in [-0.2, -0.15) is 0 Å². The fourth-order valence-electron chi connectivity index (χ4n) is 1.08. The van der Waals surface area contributed by atoms with E-state index in [1.807, 2.05) is 20.8 Å². The van der Waals surface area contributed by atoms with Crippen LogP contribution in [0.4, 0.5) is 4.79 Å². The van der Waals surface area contributed by atoms with Crippen molar-refractivity contribution in [3.63, 3.8) is 0 Å². The van der Waals surface area contributed by atoms with Gasteiger partial charge in [0.1, 0.15) is 0 Å². The molecular weight excluding hydrogens is 212 g/mol. The lowest BCUT2D eigenvalue weighted by Crippen LogP contribution is -2.54. The maximum atomic E-state index is 11.5. The first-order valence-electron chi connectivity index (χ1n) is 5.31. The molecule has 0 spiro atoms. The van der Waals surface area contributed by atoms with E-state index in [2.05, 4.69) is 10.6 Å². The van der Waals surface area contributed by atoms with Gasteiger partial charge in [-0.15, -0.1) is 0 Å². The lowest BCUT2D eigenvalue weighted by Gasteiger charge is -2.28. The number of carbonyl (C=O) groups is 2. The average molecular weight is 232 g/mol. The number of aliphatic hydroxyl groups is 1. The van der Waals surface area contributed by atoms with Crippen molar-refractivity contribution in [2.75, 3.05) is 6.61 Å². The molecule has 0 unspecified atom stereocenters. The van der Waals surface area contributed by atoms with Crippen molar-refractivity contribution in [2.24, 2.45) is 0 Å². The van der Waals surface area contributed by atoms with Crippen LogP contribution < -0.4 is 10.6 Å². The molecule has 1 atom stereocenters. The maximum absolute atomic E-state index is 11.5. The Morgan fingerprint density at radius 1 is 1.31 bits per heavy atom. The van der Waals surface area contributed by atoms with Crippen molar-refractivity contribution in [2.45, 2.75) is 45.2 Å². The first kappa shape index (κ1) is 14.7. The molecule has 0 saturated heterocycles. The van der Waals surface area contributed by atoms with Gasteiger partial charge >= 0.3 is 12.0 Å². The Labute approximate surface area is 95.0 Å². The molecule has 0 aliphatic rings. The predicted octanol–water partition coefficient (Wildman–Crippen LogP) is 0.310. The molecule has 0 radical (unpaired) electrons. The van der Waals surface area contributed by atoms with E-state index >= 15 is 0 Å². The molecule has 0 heterocycles. The van der Waals surface area contributed by atoms with Crippen molar-refractivity contribution in [3.8, 4) is 0 Å². The van der Waals surface area contributed by atoms with E-state index in [9.17, 15) is 9.59 Å². The third kappa shape index (κ3) is 4.48. The Bertz CT molecular complexity index is 251. The summed E-state index contributed by atoms with van der Waals surface area (Å²) >= 11 is 0. The van der Waals surface area contributed by atoms with Gasteiger partial charge in [0, 0.05) is 5.54 Å². The molecular formula is C10H20N2O4. The molecule has 4 N–H and O–H groups in total. The number of urea groups is 1. The minimum atomic E-state index is -1.27. The average Bonchev–Trinajstić information content (AvgIpc) is 2.25. The first-order chi connectivity index (χ1) is 7.38. The Morgan fingerprint density at radius 2 is 1.81 bits per heavy atom. The second-order valence-electron chi connectivity index (χ2n) is 3.94. The van der Waals surface area contributed by atoms with Gasteiger partial charge in [0.15, 0.2) is 6.04 Å². The molecule has 0 fully saturated rings. The maximum Gasteiger partial charge on any atom is 0.328 e. The number of carbonyl (C=O) groups excluding carboxylic acids is 1. The van der Waals surface area contributed by atoms with Crippen LogP contribution in [0, 0.1) is 0 Å². The van der Waals surface area contributed by atoms with Crippen molar-refractivity contribution < 1.29 is 19.8 Å². The van der Waals surface area contributed by atoms with Gasteiger partial charge < -0.3 is 20.8 Å². The molecule has 6 nitrogen and oxygen atoms in total. The zero-order chi connectivity index (χ0) is 12.8. The summed E-state index contributed by atoms with van der Waals surface area (Å²) in [6, 6.07) is -1.84. The number of hydrogen-bond acceptors (Lipinski definition) is 3. The Balaban J connectivity index is 4.31. The SMILES string of the molecule is CCC(C)(CC)NC(=O)N[C@@H](CO)C(=O)O. The molecule has 6 heteroatoms. The van der Waals surface area contributed by atoms with E-state index in [4.69, 9.17) is 10.2 Å². The minimum Gasteiger partial charge on any atom is -0.480 e. The molecule has 16 heavy (non-hydrogen) atoms. The molecule has 0 aromatic heterocycles. The van der Waals surface area contributed by atoms with Gasteiger partial charge in [-0.3, -0.25) is 0 Å². The van der Waals surface area contributed by atoms with Crippen molar-refractivity contribution >= 4 is 12.0 Å². The molecule has 0 bridgehead atoms. The summed E-state index contributed by atoms with van der Waals surface area (Å²) < 4.78 is 0. The number of carboxylic acid groups (broad SMARTS) is 1. The van der Waals surface area contributed by atoms with Crippen LogP contribution in [0.25, 0.3) is 0 Å². The van der Waals surface area contributed by atoms with Crippen LogP contribution in [-0.2, 0) is 4.79 Å². The standard InChI is InChI=1S/C10H20N2O4/c1-4-10(3,5-2)12-9(16)11-7(6-13)8(14)15/h7,13H,4-6H2,1-3H3,(H,14,15)(H2,11,12,16)/t7-/m0/s1. The van der Waals surface area contributed by atoms with E-state index in [1.165, 1.54) is 0 Å². The van der Waals surface area contributed by atoms with E-state index < -0.39 is 24.6 Å². The molecule has 0 saturated carbocycles. The van der Waals surface area contributed by atoms with Crippen LogP contribution >= 0.6 is 0 Å². The van der Waals surface area contributed by atoms with Gasteiger partial charge in [0.05, 0.1) is 6.61 Å². The summed E-state index contributed by atoms with van der Waals surface area (Å²) in [4.78, 5) is 22.0. The summed E-state index contributed by atoms with van der Waals surface area (Å²) in [7, 11) is 0. The smallest absolute Gasteiger partial charge is 0.328 e. The molecule has 0 aromatic carbocycles. The van der Waals surface area contributed by atoms with E-state index in [-0.39, 0.29) is 5.54 Å². The third-order valence-corrected chi connectivity index (χ3v) is 2.76. The summed E-state index contributed by atoms with van der Waals surface area (Å²) in [6.45, 7) is 5.12.